The first-order valence-corrected chi connectivity index (χ1v) is 19.4. The van der Waals surface area contributed by atoms with Crippen LogP contribution in [0.25, 0.3) is 55.3 Å². The van der Waals surface area contributed by atoms with Gasteiger partial charge in [-0.2, -0.15) is 0 Å². The fourth-order valence-electron chi connectivity index (χ4n) is 9.23. The number of hydrogen-bond donors (Lipinski definition) is 0. The Hall–Kier alpha value is -6.18. The average molecular weight is 696 g/mol. The summed E-state index contributed by atoms with van der Waals surface area (Å²) >= 11 is 0. The van der Waals surface area contributed by atoms with E-state index in [-0.39, 0.29) is 5.41 Å². The number of fused-ring (bicyclic) bond motifs is 4. The molecule has 0 heterocycles. The Kier molecular flexibility index (Phi) is 8.51. The molecule has 54 heavy (non-hydrogen) atoms. The summed E-state index contributed by atoms with van der Waals surface area (Å²) in [6, 6.07) is 65.4. The van der Waals surface area contributed by atoms with E-state index >= 15 is 0 Å². The molecule has 1 heteroatoms. The van der Waals surface area contributed by atoms with Crippen molar-refractivity contribution < 1.29 is 0 Å². The predicted octanol–water partition coefficient (Wildman–Crippen LogP) is 15.0. The molecule has 0 amide bonds. The lowest BCUT2D eigenvalue weighted by Gasteiger charge is -2.32. The van der Waals surface area contributed by atoms with Crippen molar-refractivity contribution in [3.8, 4) is 44.5 Å². The number of anilines is 3. The standard InChI is InChI=1S/C53H45N/c1-5-53(6-2)49-23-15-14-22-48(49)51-50(53)35-41-18-10-11-21-47(41)52(51)54(43-28-24-38(25-29-43)42-33-36(3)32-37(4)34-42)44-30-26-40(27-31-44)46-20-13-12-19-45(46)39-16-8-7-9-17-39/h7-35H,5-6H2,1-4H3. The van der Waals surface area contributed by atoms with Gasteiger partial charge >= 0.3 is 0 Å². The Balaban J connectivity index is 1.28. The van der Waals surface area contributed by atoms with E-state index < -0.39 is 0 Å². The minimum atomic E-state index is -0.0474. The van der Waals surface area contributed by atoms with E-state index in [9.17, 15) is 0 Å². The van der Waals surface area contributed by atoms with Crippen LogP contribution in [0.5, 0.6) is 0 Å². The van der Waals surface area contributed by atoms with Gasteiger partial charge in [-0.25, -0.2) is 0 Å². The SMILES string of the molecule is CCC1(CC)c2ccccc2-c2c1cc1ccccc1c2N(c1ccc(-c2cc(C)cc(C)c2)cc1)c1ccc(-c2ccccc2-c2ccccc2)cc1. The quantitative estimate of drug-likeness (QED) is 0.153. The van der Waals surface area contributed by atoms with Gasteiger partial charge in [-0.3, -0.25) is 0 Å². The molecule has 0 N–H and O–H groups in total. The Labute approximate surface area is 320 Å². The van der Waals surface area contributed by atoms with Crippen LogP contribution in [-0.2, 0) is 5.41 Å². The van der Waals surface area contributed by atoms with Crippen LogP contribution in [0.3, 0.4) is 0 Å². The Morgan fingerprint density at radius 2 is 0.944 bits per heavy atom. The van der Waals surface area contributed by atoms with Crippen LogP contribution in [-0.4, -0.2) is 0 Å². The molecule has 0 atom stereocenters. The highest BCUT2D eigenvalue weighted by Gasteiger charge is 2.43. The Morgan fingerprint density at radius 1 is 0.426 bits per heavy atom. The summed E-state index contributed by atoms with van der Waals surface area (Å²) in [6.07, 6.45) is 2.09. The molecule has 1 nitrogen and oxygen atoms in total. The highest BCUT2D eigenvalue weighted by atomic mass is 15.1. The second-order valence-corrected chi connectivity index (χ2v) is 14.9. The number of hydrogen-bond acceptors (Lipinski definition) is 1. The van der Waals surface area contributed by atoms with Crippen LogP contribution < -0.4 is 4.90 Å². The van der Waals surface area contributed by atoms with E-state index in [1.165, 1.54) is 83.2 Å². The van der Waals surface area contributed by atoms with Gasteiger partial charge in [0.25, 0.3) is 0 Å². The summed E-state index contributed by atoms with van der Waals surface area (Å²) in [5.74, 6) is 0. The maximum atomic E-state index is 2.53. The third-order valence-electron chi connectivity index (χ3n) is 11.8. The molecule has 0 saturated carbocycles. The molecule has 1 aliphatic rings. The van der Waals surface area contributed by atoms with Crippen LogP contribution in [0.15, 0.2) is 176 Å². The second-order valence-electron chi connectivity index (χ2n) is 14.9. The zero-order valence-electron chi connectivity index (χ0n) is 31.6. The molecule has 8 aromatic rings. The van der Waals surface area contributed by atoms with Gasteiger partial charge in [-0.1, -0.05) is 171 Å². The topological polar surface area (TPSA) is 3.24 Å². The highest BCUT2D eigenvalue weighted by Crippen LogP contribution is 2.59. The van der Waals surface area contributed by atoms with Crippen molar-refractivity contribution in [2.45, 2.75) is 46.0 Å². The van der Waals surface area contributed by atoms with Crippen LogP contribution in [0.1, 0.15) is 48.9 Å². The molecular formula is C53H45N. The maximum absolute atomic E-state index is 2.53. The molecule has 1 aliphatic carbocycles. The molecule has 0 radical (unpaired) electrons. The molecule has 262 valence electrons. The Morgan fingerprint density at radius 3 is 1.57 bits per heavy atom. The highest BCUT2D eigenvalue weighted by molar-refractivity contribution is 6.10. The van der Waals surface area contributed by atoms with Gasteiger partial charge in [0.05, 0.1) is 5.69 Å². The molecule has 9 rings (SSSR count). The summed E-state index contributed by atoms with van der Waals surface area (Å²) in [5, 5.41) is 2.53. The monoisotopic (exact) mass is 695 g/mol. The van der Waals surface area contributed by atoms with E-state index in [1.54, 1.807) is 0 Å². The number of benzene rings is 8. The van der Waals surface area contributed by atoms with E-state index in [1.807, 2.05) is 0 Å². The predicted molar refractivity (Wildman–Crippen MR) is 231 cm³/mol. The van der Waals surface area contributed by atoms with E-state index in [2.05, 4.69) is 209 Å². The smallest absolute Gasteiger partial charge is 0.0621 e. The van der Waals surface area contributed by atoms with Crippen molar-refractivity contribution >= 4 is 27.8 Å². The molecule has 0 bridgehead atoms. The van der Waals surface area contributed by atoms with Gasteiger partial charge in [0, 0.05) is 27.7 Å². The molecule has 0 aromatic heterocycles. The molecular weight excluding hydrogens is 651 g/mol. The van der Waals surface area contributed by atoms with E-state index in [0.29, 0.717) is 0 Å². The minimum Gasteiger partial charge on any atom is -0.309 e. The third-order valence-corrected chi connectivity index (χ3v) is 11.8. The molecule has 0 saturated heterocycles. The fraction of sp³-hybridized carbons (Fsp3) is 0.132. The summed E-state index contributed by atoms with van der Waals surface area (Å²) in [7, 11) is 0. The molecule has 0 unspecified atom stereocenters. The normalized spacial score (nSPS) is 12.7. The summed E-state index contributed by atoms with van der Waals surface area (Å²) in [4.78, 5) is 2.53. The summed E-state index contributed by atoms with van der Waals surface area (Å²) < 4.78 is 0. The van der Waals surface area contributed by atoms with Gasteiger partial charge in [-0.15, -0.1) is 0 Å². The molecule has 0 aliphatic heterocycles. The number of rotatable bonds is 8. The zero-order valence-corrected chi connectivity index (χ0v) is 31.6. The first kappa shape index (κ1) is 33.6. The van der Waals surface area contributed by atoms with Gasteiger partial charge in [0.1, 0.15) is 0 Å². The van der Waals surface area contributed by atoms with Gasteiger partial charge in [-0.05, 0) is 112 Å². The Bertz CT molecular complexity index is 2610. The van der Waals surface area contributed by atoms with Crippen molar-refractivity contribution in [3.05, 3.63) is 198 Å². The largest absolute Gasteiger partial charge is 0.309 e. The third kappa shape index (κ3) is 5.55. The number of nitrogens with zero attached hydrogens (tertiary/aromatic N) is 1. The lowest BCUT2D eigenvalue weighted by atomic mass is 9.73. The summed E-state index contributed by atoms with van der Waals surface area (Å²) in [5.41, 5.74) is 19.0. The zero-order chi connectivity index (χ0) is 36.8. The first-order valence-electron chi connectivity index (χ1n) is 19.4. The lowest BCUT2D eigenvalue weighted by Crippen LogP contribution is -2.23. The van der Waals surface area contributed by atoms with Gasteiger partial charge in [0.2, 0.25) is 0 Å². The average Bonchev–Trinajstić information content (AvgIpc) is 3.50. The second kappa shape index (κ2) is 13.7. The van der Waals surface area contributed by atoms with Crippen molar-refractivity contribution in [3.63, 3.8) is 0 Å². The van der Waals surface area contributed by atoms with Crippen molar-refractivity contribution in [1.82, 2.24) is 0 Å². The van der Waals surface area contributed by atoms with Crippen LogP contribution >= 0.6 is 0 Å². The fourth-order valence-corrected chi connectivity index (χ4v) is 9.23. The van der Waals surface area contributed by atoms with Crippen molar-refractivity contribution in [1.29, 1.82) is 0 Å². The van der Waals surface area contributed by atoms with Gasteiger partial charge < -0.3 is 4.90 Å². The van der Waals surface area contributed by atoms with Crippen molar-refractivity contribution in [2.24, 2.45) is 0 Å². The lowest BCUT2D eigenvalue weighted by molar-refractivity contribution is 0.491. The maximum Gasteiger partial charge on any atom is 0.0621 e. The molecule has 8 aromatic carbocycles. The first-order chi connectivity index (χ1) is 26.5. The number of aryl methyl sites for hydroxylation is 2. The minimum absolute atomic E-state index is 0.0474. The van der Waals surface area contributed by atoms with Gasteiger partial charge in [0.15, 0.2) is 0 Å². The van der Waals surface area contributed by atoms with Crippen LogP contribution in [0, 0.1) is 13.8 Å². The molecule has 0 fully saturated rings. The van der Waals surface area contributed by atoms with Crippen LogP contribution in [0.2, 0.25) is 0 Å². The van der Waals surface area contributed by atoms with E-state index in [4.69, 9.17) is 0 Å². The van der Waals surface area contributed by atoms with E-state index in [0.717, 1.165) is 24.2 Å². The van der Waals surface area contributed by atoms with Crippen LogP contribution in [0.4, 0.5) is 17.1 Å². The molecule has 0 spiro atoms. The van der Waals surface area contributed by atoms with Crippen molar-refractivity contribution in [2.75, 3.05) is 4.90 Å². The summed E-state index contributed by atoms with van der Waals surface area (Å²) in [6.45, 7) is 9.08.